The molecule has 0 aromatic rings. The fourth-order valence-electron chi connectivity index (χ4n) is 1.39. The summed E-state index contributed by atoms with van der Waals surface area (Å²) in [5.74, 6) is 0. The smallest absolute Gasteiger partial charge is 0.121 e. The van der Waals surface area contributed by atoms with E-state index >= 15 is 0 Å². The van der Waals surface area contributed by atoms with Crippen LogP contribution in [0.25, 0.3) is 0 Å². The average molecular weight is 163 g/mol. The van der Waals surface area contributed by atoms with Crippen molar-refractivity contribution in [1.82, 2.24) is 10.3 Å². The molecule has 0 bridgehead atoms. The maximum absolute atomic E-state index is 4.28. The third-order valence-corrected chi connectivity index (χ3v) is 2.05. The third-order valence-electron chi connectivity index (χ3n) is 2.05. The van der Waals surface area contributed by atoms with Crippen LogP contribution in [0.2, 0.25) is 0 Å². The Morgan fingerprint density at radius 1 is 1.58 bits per heavy atom. The summed E-state index contributed by atoms with van der Waals surface area (Å²) in [4.78, 5) is 0. The molecule has 3 heteroatoms. The van der Waals surface area contributed by atoms with Gasteiger partial charge in [0.05, 0.1) is 0 Å². The molecule has 64 valence electrons. The number of nitrogens with one attached hydrogen (secondary N) is 1. The van der Waals surface area contributed by atoms with Crippen molar-refractivity contribution in [2.75, 3.05) is 0 Å². The fraction of sp³-hybridized carbons (Fsp3) is 0.444. The Kier molecular flexibility index (Phi) is 1.73. The lowest BCUT2D eigenvalue weighted by molar-refractivity contribution is 0.262. The predicted octanol–water partition coefficient (Wildman–Crippen LogP) is 1.07. The Hall–Kier alpha value is -1.09. The second kappa shape index (κ2) is 2.75. The van der Waals surface area contributed by atoms with Gasteiger partial charge in [-0.25, -0.2) is 0 Å². The lowest BCUT2D eigenvalue weighted by Gasteiger charge is -2.33. The number of rotatable bonds is 0. The minimum absolute atomic E-state index is 0.245. The second-order valence-electron chi connectivity index (χ2n) is 3.27. The van der Waals surface area contributed by atoms with Crippen molar-refractivity contribution in [2.45, 2.75) is 26.1 Å². The van der Waals surface area contributed by atoms with Crippen molar-refractivity contribution in [3.8, 4) is 0 Å². The number of hydrogen-bond acceptors (Lipinski definition) is 3. The summed E-state index contributed by atoms with van der Waals surface area (Å²) < 4.78 is 0. The van der Waals surface area contributed by atoms with E-state index < -0.39 is 0 Å². The molecule has 2 heterocycles. The molecule has 2 aliphatic rings. The Morgan fingerprint density at radius 3 is 3.25 bits per heavy atom. The summed E-state index contributed by atoms with van der Waals surface area (Å²) in [7, 11) is 0. The molecule has 0 saturated carbocycles. The Labute approximate surface area is 72.4 Å². The molecule has 2 rings (SSSR count). The van der Waals surface area contributed by atoms with Gasteiger partial charge in [-0.2, -0.15) is 5.10 Å². The minimum Gasteiger partial charge on any atom is -0.285 e. The summed E-state index contributed by atoms with van der Waals surface area (Å²) in [6, 6.07) is 0.363. The van der Waals surface area contributed by atoms with Crippen LogP contribution >= 0.6 is 0 Å². The molecule has 0 aromatic carbocycles. The molecular formula is C9H13N3. The summed E-state index contributed by atoms with van der Waals surface area (Å²) in [6.45, 7) is 4.20. The molecule has 0 aliphatic carbocycles. The van der Waals surface area contributed by atoms with Crippen molar-refractivity contribution >= 4 is 6.21 Å². The SMILES string of the molecule is CC1=CC2NC(C)C=NN2C=C1. The zero-order chi connectivity index (χ0) is 8.55. The zero-order valence-corrected chi connectivity index (χ0v) is 7.36. The second-order valence-corrected chi connectivity index (χ2v) is 3.27. The first-order valence-electron chi connectivity index (χ1n) is 4.21. The summed E-state index contributed by atoms with van der Waals surface area (Å²) >= 11 is 0. The maximum Gasteiger partial charge on any atom is 0.121 e. The van der Waals surface area contributed by atoms with Gasteiger partial charge in [0.2, 0.25) is 0 Å². The molecular weight excluding hydrogens is 150 g/mol. The molecule has 0 radical (unpaired) electrons. The molecule has 2 atom stereocenters. The highest BCUT2D eigenvalue weighted by Gasteiger charge is 2.20. The van der Waals surface area contributed by atoms with E-state index in [0.29, 0.717) is 6.04 Å². The molecule has 0 saturated heterocycles. The van der Waals surface area contributed by atoms with Crippen LogP contribution in [-0.2, 0) is 0 Å². The molecule has 3 nitrogen and oxygen atoms in total. The molecule has 12 heavy (non-hydrogen) atoms. The summed E-state index contributed by atoms with van der Waals surface area (Å²) in [5.41, 5.74) is 1.29. The van der Waals surface area contributed by atoms with Crippen LogP contribution in [0.5, 0.6) is 0 Å². The Morgan fingerprint density at radius 2 is 2.42 bits per heavy atom. The molecule has 2 aliphatic heterocycles. The van der Waals surface area contributed by atoms with E-state index in [1.54, 1.807) is 0 Å². The van der Waals surface area contributed by atoms with Crippen molar-refractivity contribution in [2.24, 2.45) is 5.10 Å². The standard InChI is InChI=1S/C9H13N3/c1-7-3-4-12-9(5-7)11-8(2)6-10-12/h3-6,8-9,11H,1-2H3. The van der Waals surface area contributed by atoms with Crippen molar-refractivity contribution in [3.05, 3.63) is 23.9 Å². The molecule has 0 spiro atoms. The number of hydrazone groups is 1. The van der Waals surface area contributed by atoms with E-state index in [-0.39, 0.29) is 6.17 Å². The number of hydrogen-bond donors (Lipinski definition) is 1. The van der Waals surface area contributed by atoms with Crippen molar-refractivity contribution < 1.29 is 0 Å². The van der Waals surface area contributed by atoms with Gasteiger partial charge in [0.25, 0.3) is 0 Å². The molecule has 0 amide bonds. The predicted molar refractivity (Wildman–Crippen MR) is 49.6 cm³/mol. The molecule has 0 aromatic heterocycles. The highest BCUT2D eigenvalue weighted by atomic mass is 15.5. The average Bonchev–Trinajstić information content (AvgIpc) is 2.03. The van der Waals surface area contributed by atoms with Crippen LogP contribution < -0.4 is 5.32 Å². The van der Waals surface area contributed by atoms with Crippen LogP contribution in [0.3, 0.4) is 0 Å². The van der Waals surface area contributed by atoms with E-state index in [1.165, 1.54) is 5.57 Å². The van der Waals surface area contributed by atoms with E-state index in [1.807, 2.05) is 17.4 Å². The topological polar surface area (TPSA) is 27.6 Å². The zero-order valence-electron chi connectivity index (χ0n) is 7.36. The monoisotopic (exact) mass is 163 g/mol. The third kappa shape index (κ3) is 1.28. The maximum atomic E-state index is 4.28. The lowest BCUT2D eigenvalue weighted by atomic mass is 10.2. The minimum atomic E-state index is 0.245. The van der Waals surface area contributed by atoms with E-state index in [2.05, 4.69) is 36.4 Å². The summed E-state index contributed by atoms with van der Waals surface area (Å²) in [6.07, 6.45) is 8.39. The van der Waals surface area contributed by atoms with E-state index in [4.69, 9.17) is 0 Å². The number of allylic oxidation sites excluding steroid dienone is 2. The first-order chi connectivity index (χ1) is 5.75. The largest absolute Gasteiger partial charge is 0.285 e. The van der Waals surface area contributed by atoms with Gasteiger partial charge in [0.1, 0.15) is 6.17 Å². The first kappa shape index (κ1) is 7.55. The lowest BCUT2D eigenvalue weighted by Crippen LogP contribution is -2.49. The highest BCUT2D eigenvalue weighted by Crippen LogP contribution is 2.14. The molecule has 1 N–H and O–H groups in total. The van der Waals surface area contributed by atoms with E-state index in [0.717, 1.165) is 0 Å². The Balaban J connectivity index is 2.22. The highest BCUT2D eigenvalue weighted by molar-refractivity contribution is 5.64. The van der Waals surface area contributed by atoms with Gasteiger partial charge in [-0.05, 0) is 26.0 Å². The van der Waals surface area contributed by atoms with Gasteiger partial charge < -0.3 is 0 Å². The number of fused-ring (bicyclic) bond motifs is 1. The van der Waals surface area contributed by atoms with Crippen LogP contribution in [0.4, 0.5) is 0 Å². The van der Waals surface area contributed by atoms with Gasteiger partial charge in [0, 0.05) is 18.5 Å². The normalized spacial score (nSPS) is 33.2. The summed E-state index contributed by atoms with van der Waals surface area (Å²) in [5, 5.41) is 9.60. The van der Waals surface area contributed by atoms with Crippen LogP contribution in [-0.4, -0.2) is 23.4 Å². The van der Waals surface area contributed by atoms with Gasteiger partial charge >= 0.3 is 0 Å². The fourth-order valence-corrected chi connectivity index (χ4v) is 1.39. The van der Waals surface area contributed by atoms with Crippen LogP contribution in [0.15, 0.2) is 29.0 Å². The Bertz CT molecular complexity index is 265. The number of nitrogens with zero attached hydrogens (tertiary/aromatic N) is 2. The van der Waals surface area contributed by atoms with Crippen LogP contribution in [0, 0.1) is 0 Å². The van der Waals surface area contributed by atoms with Crippen molar-refractivity contribution in [3.63, 3.8) is 0 Å². The van der Waals surface area contributed by atoms with Gasteiger partial charge in [-0.15, -0.1) is 0 Å². The quantitative estimate of drug-likeness (QED) is 0.578. The van der Waals surface area contributed by atoms with Gasteiger partial charge in [-0.1, -0.05) is 5.57 Å². The van der Waals surface area contributed by atoms with Gasteiger partial charge in [-0.3, -0.25) is 10.3 Å². The van der Waals surface area contributed by atoms with Gasteiger partial charge in [0.15, 0.2) is 0 Å². The van der Waals surface area contributed by atoms with Crippen molar-refractivity contribution in [1.29, 1.82) is 0 Å². The first-order valence-corrected chi connectivity index (χ1v) is 4.21. The van der Waals surface area contributed by atoms with E-state index in [9.17, 15) is 0 Å². The van der Waals surface area contributed by atoms with Crippen LogP contribution in [0.1, 0.15) is 13.8 Å². The molecule has 0 fully saturated rings. The molecule has 2 unspecified atom stereocenters.